The van der Waals surface area contributed by atoms with Crippen LogP contribution in [0.15, 0.2) is 35.4 Å². The van der Waals surface area contributed by atoms with Crippen LogP contribution in [0.2, 0.25) is 0 Å². The molecule has 0 unspecified atom stereocenters. The zero-order valence-corrected chi connectivity index (χ0v) is 8.19. The van der Waals surface area contributed by atoms with Crippen molar-refractivity contribution < 1.29 is 0 Å². The minimum absolute atomic E-state index is 0.147. The monoisotopic (exact) mass is 199 g/mol. The number of hydrogen-bond donors (Lipinski definition) is 1. The van der Waals surface area contributed by atoms with Crippen LogP contribution in [0.25, 0.3) is 16.4 Å². The molecule has 0 radical (unpaired) electrons. The number of nitrogens with zero attached hydrogens (tertiary/aromatic N) is 2. The third kappa shape index (κ3) is 0.958. The maximum Gasteiger partial charge on any atom is 0.288 e. The zero-order chi connectivity index (χ0) is 10.4. The fourth-order valence-corrected chi connectivity index (χ4v) is 2.03. The van der Waals surface area contributed by atoms with Gasteiger partial charge in [0.25, 0.3) is 5.56 Å². The van der Waals surface area contributed by atoms with Gasteiger partial charge in [0, 0.05) is 5.39 Å². The molecule has 74 valence electrons. The molecule has 0 amide bonds. The highest BCUT2D eigenvalue weighted by Crippen LogP contribution is 2.22. The lowest BCUT2D eigenvalue weighted by Gasteiger charge is -1.93. The maximum atomic E-state index is 11.6. The Morgan fingerprint density at radius 3 is 3.00 bits per heavy atom. The Morgan fingerprint density at radius 1 is 1.33 bits per heavy atom. The maximum absolute atomic E-state index is 11.6. The van der Waals surface area contributed by atoms with E-state index in [0.717, 1.165) is 16.5 Å². The largest absolute Gasteiger partial charge is 0.294 e. The third-order valence-corrected chi connectivity index (χ3v) is 2.72. The van der Waals surface area contributed by atoms with Crippen molar-refractivity contribution in [3.8, 4) is 0 Å². The van der Waals surface area contributed by atoms with Crippen molar-refractivity contribution in [2.45, 2.75) is 6.92 Å². The van der Waals surface area contributed by atoms with E-state index in [1.54, 1.807) is 6.33 Å². The van der Waals surface area contributed by atoms with Crippen molar-refractivity contribution in [1.82, 2.24) is 14.6 Å². The van der Waals surface area contributed by atoms with E-state index in [4.69, 9.17) is 0 Å². The summed E-state index contributed by atoms with van der Waals surface area (Å²) in [6.45, 7) is 1.95. The second-order valence-corrected chi connectivity index (χ2v) is 3.55. The van der Waals surface area contributed by atoms with Crippen molar-refractivity contribution in [3.05, 3.63) is 46.5 Å². The number of hydrogen-bond acceptors (Lipinski definition) is 2. The van der Waals surface area contributed by atoms with Gasteiger partial charge in [-0.05, 0) is 18.6 Å². The van der Waals surface area contributed by atoms with Crippen molar-refractivity contribution >= 4 is 16.4 Å². The molecule has 4 nitrogen and oxygen atoms in total. The molecule has 4 heteroatoms. The molecular formula is C11H9N3O. The lowest BCUT2D eigenvalue weighted by atomic mass is 10.2. The van der Waals surface area contributed by atoms with Gasteiger partial charge in [0.1, 0.15) is 11.8 Å². The van der Waals surface area contributed by atoms with Crippen LogP contribution in [0, 0.1) is 6.92 Å². The fraction of sp³-hybridized carbons (Fsp3) is 0.0909. The number of fused-ring (bicyclic) bond motifs is 3. The summed E-state index contributed by atoms with van der Waals surface area (Å²) in [6, 6.07) is 7.92. The van der Waals surface area contributed by atoms with Crippen molar-refractivity contribution in [2.75, 3.05) is 0 Å². The molecule has 3 rings (SSSR count). The summed E-state index contributed by atoms with van der Waals surface area (Å²) in [4.78, 5) is 11.6. The van der Waals surface area contributed by atoms with E-state index in [9.17, 15) is 4.79 Å². The first-order valence-electron chi connectivity index (χ1n) is 4.72. The fourth-order valence-electron chi connectivity index (χ4n) is 2.03. The van der Waals surface area contributed by atoms with E-state index in [1.165, 1.54) is 0 Å². The number of benzene rings is 1. The summed E-state index contributed by atoms with van der Waals surface area (Å²) in [7, 11) is 0. The van der Waals surface area contributed by atoms with Crippen LogP contribution in [0.3, 0.4) is 0 Å². The van der Waals surface area contributed by atoms with Gasteiger partial charge in [-0.15, -0.1) is 0 Å². The van der Waals surface area contributed by atoms with Crippen molar-refractivity contribution in [1.29, 1.82) is 0 Å². The average molecular weight is 199 g/mol. The second-order valence-electron chi connectivity index (χ2n) is 3.55. The van der Waals surface area contributed by atoms with Crippen LogP contribution >= 0.6 is 0 Å². The van der Waals surface area contributed by atoms with Gasteiger partial charge in [-0.25, -0.2) is 5.10 Å². The topological polar surface area (TPSA) is 50.2 Å². The Morgan fingerprint density at radius 2 is 2.13 bits per heavy atom. The van der Waals surface area contributed by atoms with Crippen molar-refractivity contribution in [2.24, 2.45) is 0 Å². The van der Waals surface area contributed by atoms with Crippen LogP contribution in [-0.2, 0) is 0 Å². The third-order valence-electron chi connectivity index (χ3n) is 2.72. The first kappa shape index (κ1) is 8.23. The lowest BCUT2D eigenvalue weighted by molar-refractivity contribution is 0.929. The Bertz CT molecular complexity index is 708. The van der Waals surface area contributed by atoms with Gasteiger partial charge in [-0.1, -0.05) is 18.2 Å². The number of para-hydroxylation sites is 1. The van der Waals surface area contributed by atoms with E-state index >= 15 is 0 Å². The number of nitrogens with one attached hydrogen (secondary N) is 1. The molecule has 0 aliphatic carbocycles. The highest BCUT2D eigenvalue weighted by atomic mass is 16.1. The molecule has 1 aromatic carbocycles. The summed E-state index contributed by atoms with van der Waals surface area (Å²) in [5.74, 6) is 0. The van der Waals surface area contributed by atoms with Gasteiger partial charge in [0.15, 0.2) is 0 Å². The van der Waals surface area contributed by atoms with Crippen LogP contribution < -0.4 is 5.56 Å². The van der Waals surface area contributed by atoms with E-state index < -0.39 is 0 Å². The van der Waals surface area contributed by atoms with E-state index in [-0.39, 0.29) is 5.56 Å². The molecular weight excluding hydrogens is 190 g/mol. The van der Waals surface area contributed by atoms with E-state index in [1.807, 2.05) is 35.6 Å². The summed E-state index contributed by atoms with van der Waals surface area (Å²) in [6.07, 6.45) is 1.63. The molecule has 0 atom stereocenters. The molecule has 3 aromatic rings. The summed E-state index contributed by atoms with van der Waals surface area (Å²) >= 11 is 0. The lowest BCUT2D eigenvalue weighted by Crippen LogP contribution is -2.11. The molecule has 15 heavy (non-hydrogen) atoms. The number of aryl methyl sites for hydroxylation is 1. The van der Waals surface area contributed by atoms with Gasteiger partial charge in [-0.3, -0.25) is 9.20 Å². The number of aromatic amines is 1. The SMILES string of the molecule is Cc1c2ccccc2n2cn[nH]c(=O)c12. The highest BCUT2D eigenvalue weighted by molar-refractivity contribution is 5.91. The van der Waals surface area contributed by atoms with Crippen molar-refractivity contribution in [3.63, 3.8) is 0 Å². The van der Waals surface area contributed by atoms with Gasteiger partial charge in [-0.2, -0.15) is 5.10 Å². The van der Waals surface area contributed by atoms with Gasteiger partial charge in [0.05, 0.1) is 5.52 Å². The quantitative estimate of drug-likeness (QED) is 0.596. The molecule has 1 N–H and O–H groups in total. The Labute approximate surface area is 85.2 Å². The first-order valence-corrected chi connectivity index (χ1v) is 4.72. The normalized spacial score (nSPS) is 11.3. The summed E-state index contributed by atoms with van der Waals surface area (Å²) in [5, 5.41) is 7.34. The van der Waals surface area contributed by atoms with E-state index in [0.29, 0.717) is 5.52 Å². The standard InChI is InChI=1S/C11H9N3O/c1-7-8-4-2-3-5-9(8)14-6-12-13-11(15)10(7)14/h2-6H,1H3,(H,13,15). The van der Waals surface area contributed by atoms with Crippen LogP contribution in [0.4, 0.5) is 0 Å². The molecule has 2 aromatic heterocycles. The first-order chi connectivity index (χ1) is 7.29. The Kier molecular flexibility index (Phi) is 1.48. The summed E-state index contributed by atoms with van der Waals surface area (Å²) < 4.78 is 1.82. The average Bonchev–Trinajstić information content (AvgIpc) is 2.55. The molecule has 0 spiro atoms. The molecule has 0 fully saturated rings. The minimum atomic E-state index is -0.147. The van der Waals surface area contributed by atoms with E-state index in [2.05, 4.69) is 10.2 Å². The summed E-state index contributed by atoms with van der Waals surface area (Å²) in [5.41, 5.74) is 2.54. The number of aromatic nitrogens is 3. The van der Waals surface area contributed by atoms with Crippen LogP contribution in [-0.4, -0.2) is 14.6 Å². The minimum Gasteiger partial charge on any atom is -0.294 e. The predicted octanol–water partition coefficient (Wildman–Crippen LogP) is 1.48. The smallest absolute Gasteiger partial charge is 0.288 e. The van der Waals surface area contributed by atoms with Crippen LogP contribution in [0.1, 0.15) is 5.56 Å². The zero-order valence-electron chi connectivity index (χ0n) is 8.19. The molecule has 0 bridgehead atoms. The van der Waals surface area contributed by atoms with Gasteiger partial charge >= 0.3 is 0 Å². The van der Waals surface area contributed by atoms with Crippen LogP contribution in [0.5, 0.6) is 0 Å². The van der Waals surface area contributed by atoms with Gasteiger partial charge < -0.3 is 0 Å². The number of H-pyrrole nitrogens is 1. The molecule has 0 aliphatic rings. The highest BCUT2D eigenvalue weighted by Gasteiger charge is 2.09. The molecule has 2 heterocycles. The second kappa shape index (κ2) is 2.70. The molecule has 0 saturated heterocycles. The molecule has 0 saturated carbocycles. The number of rotatable bonds is 0. The van der Waals surface area contributed by atoms with Gasteiger partial charge in [0.2, 0.25) is 0 Å². The molecule has 0 aliphatic heterocycles. The predicted molar refractivity (Wildman–Crippen MR) is 58.1 cm³/mol. The Balaban J connectivity index is 2.76. The Hall–Kier alpha value is -2.10.